The van der Waals surface area contributed by atoms with Crippen LogP contribution >= 0.6 is 7.60 Å². The summed E-state index contributed by atoms with van der Waals surface area (Å²) in [6.45, 7) is 3.11. The highest BCUT2D eigenvalue weighted by Crippen LogP contribution is 2.48. The number of rotatable bonds is 5. The first-order valence-electron chi connectivity index (χ1n) is 5.20. The second kappa shape index (κ2) is 4.24. The van der Waals surface area contributed by atoms with Gasteiger partial charge < -0.3 is 19.7 Å². The lowest BCUT2D eigenvalue weighted by atomic mass is 10.0. The Bertz CT molecular complexity index is 290. The summed E-state index contributed by atoms with van der Waals surface area (Å²) in [5.41, 5.74) is 0. The van der Waals surface area contributed by atoms with Crippen LogP contribution in [0.5, 0.6) is 0 Å². The first kappa shape index (κ1) is 12.7. The molecule has 0 aromatic carbocycles. The van der Waals surface area contributed by atoms with Crippen molar-refractivity contribution in [3.63, 3.8) is 0 Å². The van der Waals surface area contributed by atoms with Crippen molar-refractivity contribution in [2.45, 2.75) is 50.7 Å². The molecule has 0 spiro atoms. The standard InChI is InChI=1S/C9H18NO4P/c1-3-9(4-2,15(12,13)14)8(11)10-7-5-6-7/h7H,3-6H2,1-2H3,(H,10,11)(H2,12,13,14)/p-2. The first-order chi connectivity index (χ1) is 6.87. The maximum atomic E-state index is 11.7. The molecule has 0 atom stereocenters. The Labute approximate surface area is 89.4 Å². The van der Waals surface area contributed by atoms with E-state index in [-0.39, 0.29) is 18.9 Å². The van der Waals surface area contributed by atoms with Gasteiger partial charge in [0.2, 0.25) is 5.91 Å². The first-order valence-corrected chi connectivity index (χ1v) is 6.74. The van der Waals surface area contributed by atoms with Crippen molar-refractivity contribution in [2.24, 2.45) is 0 Å². The quantitative estimate of drug-likeness (QED) is 0.662. The molecule has 1 fully saturated rings. The highest BCUT2D eigenvalue weighted by atomic mass is 31.2. The van der Waals surface area contributed by atoms with Crippen LogP contribution in [0.15, 0.2) is 0 Å². The van der Waals surface area contributed by atoms with Crippen molar-refractivity contribution in [1.82, 2.24) is 5.32 Å². The van der Waals surface area contributed by atoms with Crippen LogP contribution in [0.1, 0.15) is 39.5 Å². The van der Waals surface area contributed by atoms with E-state index >= 15 is 0 Å². The molecule has 0 aromatic heterocycles. The van der Waals surface area contributed by atoms with E-state index in [4.69, 9.17) is 0 Å². The molecule has 88 valence electrons. The molecule has 0 unspecified atom stereocenters. The van der Waals surface area contributed by atoms with Crippen LogP contribution in [-0.4, -0.2) is 17.1 Å². The zero-order valence-corrected chi connectivity index (χ0v) is 9.88. The van der Waals surface area contributed by atoms with Gasteiger partial charge in [-0.2, -0.15) is 0 Å². The predicted octanol–water partition coefficient (Wildman–Crippen LogP) is -0.262. The predicted molar refractivity (Wildman–Crippen MR) is 52.1 cm³/mol. The zero-order valence-electron chi connectivity index (χ0n) is 8.99. The largest absolute Gasteiger partial charge is 0.810 e. The molecule has 1 aliphatic carbocycles. The number of nitrogens with one attached hydrogen (secondary N) is 1. The lowest BCUT2D eigenvalue weighted by molar-refractivity contribution is -0.319. The minimum Gasteiger partial charge on any atom is -0.810 e. The molecule has 0 aliphatic heterocycles. The molecule has 1 saturated carbocycles. The van der Waals surface area contributed by atoms with Gasteiger partial charge in [0.1, 0.15) is 0 Å². The van der Waals surface area contributed by atoms with Gasteiger partial charge in [0.15, 0.2) is 0 Å². The molecule has 0 heterocycles. The molecular weight excluding hydrogens is 217 g/mol. The van der Waals surface area contributed by atoms with Gasteiger partial charge in [0.05, 0.1) is 5.16 Å². The average molecular weight is 233 g/mol. The summed E-state index contributed by atoms with van der Waals surface area (Å²) < 4.78 is 11.2. The van der Waals surface area contributed by atoms with Crippen LogP contribution in [0.2, 0.25) is 0 Å². The van der Waals surface area contributed by atoms with E-state index in [0.717, 1.165) is 12.8 Å². The van der Waals surface area contributed by atoms with Gasteiger partial charge in [0, 0.05) is 6.04 Å². The second-order valence-electron chi connectivity index (χ2n) is 3.98. The number of carbonyl (C=O) groups excluding carboxylic acids is 1. The molecule has 0 saturated heterocycles. The van der Waals surface area contributed by atoms with Gasteiger partial charge in [-0.3, -0.25) is 4.79 Å². The molecular formula is C9H16NO4P-2. The van der Waals surface area contributed by atoms with E-state index in [1.54, 1.807) is 13.8 Å². The highest BCUT2D eigenvalue weighted by Gasteiger charge is 2.40. The van der Waals surface area contributed by atoms with Gasteiger partial charge in [-0.25, -0.2) is 0 Å². The van der Waals surface area contributed by atoms with E-state index in [0.29, 0.717) is 0 Å². The van der Waals surface area contributed by atoms with Crippen molar-refractivity contribution < 1.29 is 19.1 Å². The van der Waals surface area contributed by atoms with Crippen LogP contribution in [0, 0.1) is 0 Å². The second-order valence-corrected chi connectivity index (χ2v) is 5.83. The summed E-state index contributed by atoms with van der Waals surface area (Å²) in [5.74, 6) is -0.622. The molecule has 0 aromatic rings. The van der Waals surface area contributed by atoms with Gasteiger partial charge in [-0.05, 0) is 25.7 Å². The minimum atomic E-state index is -4.90. The number of amides is 1. The summed E-state index contributed by atoms with van der Waals surface area (Å²) >= 11 is 0. The summed E-state index contributed by atoms with van der Waals surface area (Å²) in [6, 6.07) is 0.0709. The lowest BCUT2D eigenvalue weighted by Crippen LogP contribution is -2.51. The summed E-state index contributed by atoms with van der Waals surface area (Å²) in [4.78, 5) is 34.1. The lowest BCUT2D eigenvalue weighted by Gasteiger charge is -2.47. The third kappa shape index (κ3) is 2.41. The maximum absolute atomic E-state index is 11.7. The van der Waals surface area contributed by atoms with Crippen molar-refractivity contribution in [3.8, 4) is 0 Å². The third-order valence-electron chi connectivity index (χ3n) is 3.03. The summed E-state index contributed by atoms with van der Waals surface area (Å²) in [7, 11) is -4.90. The van der Waals surface area contributed by atoms with Gasteiger partial charge >= 0.3 is 0 Å². The fourth-order valence-corrected chi connectivity index (χ4v) is 2.72. The number of hydrogen-bond acceptors (Lipinski definition) is 4. The molecule has 1 rings (SSSR count). The molecule has 6 heteroatoms. The molecule has 0 radical (unpaired) electrons. The topological polar surface area (TPSA) is 92.3 Å². The molecule has 1 amide bonds. The third-order valence-corrected chi connectivity index (χ3v) is 4.91. The Kier molecular flexibility index (Phi) is 3.59. The highest BCUT2D eigenvalue weighted by molar-refractivity contribution is 7.52. The molecule has 1 N–H and O–H groups in total. The maximum Gasteiger partial charge on any atom is 0.231 e. The summed E-state index contributed by atoms with van der Waals surface area (Å²) in [5, 5.41) is 0.838. The Morgan fingerprint density at radius 2 is 1.87 bits per heavy atom. The Morgan fingerprint density at radius 3 is 2.13 bits per heavy atom. The smallest absolute Gasteiger partial charge is 0.231 e. The van der Waals surface area contributed by atoms with Gasteiger partial charge in [0.25, 0.3) is 0 Å². The van der Waals surface area contributed by atoms with Gasteiger partial charge in [-0.15, -0.1) is 0 Å². The number of hydrogen-bond donors (Lipinski definition) is 1. The number of carbonyl (C=O) groups is 1. The summed E-state index contributed by atoms with van der Waals surface area (Å²) in [6.07, 6.45) is 1.81. The average Bonchev–Trinajstić information content (AvgIpc) is 2.88. The minimum absolute atomic E-state index is 0.0341. The van der Waals surface area contributed by atoms with Gasteiger partial charge in [-0.1, -0.05) is 21.4 Å². The van der Waals surface area contributed by atoms with E-state index in [9.17, 15) is 19.1 Å². The SMILES string of the molecule is CCC(CC)(C(=O)NC1CC1)P(=O)([O-])[O-]. The van der Waals surface area contributed by atoms with E-state index < -0.39 is 18.7 Å². The Hall–Kier alpha value is -0.380. The van der Waals surface area contributed by atoms with Crippen LogP contribution in [0.3, 0.4) is 0 Å². The van der Waals surface area contributed by atoms with E-state index in [1.165, 1.54) is 0 Å². The van der Waals surface area contributed by atoms with E-state index in [2.05, 4.69) is 5.32 Å². The fraction of sp³-hybridized carbons (Fsp3) is 0.889. The normalized spacial score (nSPS) is 17.6. The Morgan fingerprint density at radius 1 is 1.40 bits per heavy atom. The molecule has 1 aliphatic rings. The van der Waals surface area contributed by atoms with Crippen molar-refractivity contribution >= 4 is 13.5 Å². The Balaban J connectivity index is 2.87. The molecule has 5 nitrogen and oxygen atoms in total. The molecule has 0 bridgehead atoms. The zero-order chi connectivity index (χ0) is 11.7. The van der Waals surface area contributed by atoms with Crippen molar-refractivity contribution in [1.29, 1.82) is 0 Å². The van der Waals surface area contributed by atoms with E-state index in [1.807, 2.05) is 0 Å². The van der Waals surface area contributed by atoms with Crippen LogP contribution in [0.25, 0.3) is 0 Å². The van der Waals surface area contributed by atoms with Crippen LogP contribution in [0.4, 0.5) is 0 Å². The van der Waals surface area contributed by atoms with Crippen molar-refractivity contribution in [2.75, 3.05) is 0 Å². The molecule has 15 heavy (non-hydrogen) atoms. The van der Waals surface area contributed by atoms with Crippen LogP contribution in [-0.2, 0) is 9.36 Å². The van der Waals surface area contributed by atoms with Crippen LogP contribution < -0.4 is 15.1 Å². The monoisotopic (exact) mass is 233 g/mol. The fourth-order valence-electron chi connectivity index (χ4n) is 1.63. The van der Waals surface area contributed by atoms with Crippen molar-refractivity contribution in [3.05, 3.63) is 0 Å².